The molecule has 0 N–H and O–H groups in total. The second-order valence-electron chi connectivity index (χ2n) is 4.75. The monoisotopic (exact) mass is 400 g/mol. The van der Waals surface area contributed by atoms with Crippen molar-refractivity contribution in [3.63, 3.8) is 0 Å². The van der Waals surface area contributed by atoms with Gasteiger partial charge in [-0.1, -0.05) is 18.2 Å². The molecule has 4 nitrogen and oxygen atoms in total. The van der Waals surface area contributed by atoms with Gasteiger partial charge in [0.2, 0.25) is 0 Å². The third-order valence-corrected chi connectivity index (χ3v) is 5.55. The number of rotatable bonds is 6. The molecule has 23 heavy (non-hydrogen) atoms. The Morgan fingerprint density at radius 1 is 1.13 bits per heavy atom. The average molecular weight is 401 g/mol. The van der Waals surface area contributed by atoms with Crippen molar-refractivity contribution in [2.75, 3.05) is 12.4 Å². The lowest BCUT2D eigenvalue weighted by Gasteiger charge is -2.07. The minimum absolute atomic E-state index is 0.0617. The van der Waals surface area contributed by atoms with E-state index in [0.29, 0.717) is 4.47 Å². The summed E-state index contributed by atoms with van der Waals surface area (Å²) in [5, 5.41) is 0. The minimum atomic E-state index is -3.40. The van der Waals surface area contributed by atoms with E-state index in [9.17, 15) is 17.6 Å². The van der Waals surface area contributed by atoms with E-state index in [-0.39, 0.29) is 29.2 Å². The van der Waals surface area contributed by atoms with E-state index < -0.39 is 21.6 Å². The Hall–Kier alpha value is -1.73. The van der Waals surface area contributed by atoms with Crippen LogP contribution in [0.3, 0.4) is 0 Å². The minimum Gasteiger partial charge on any atom is -0.462 e. The summed E-state index contributed by atoms with van der Waals surface area (Å²) in [6.45, 7) is -0.0617. The van der Waals surface area contributed by atoms with Crippen LogP contribution in [-0.4, -0.2) is 26.7 Å². The van der Waals surface area contributed by atoms with Crippen LogP contribution in [0.1, 0.15) is 16.8 Å². The molecular formula is C16H14BrFO4S. The molecule has 0 saturated carbocycles. The molecule has 0 fully saturated rings. The number of sulfone groups is 1. The Balaban J connectivity index is 1.88. The molecule has 0 unspecified atom stereocenters. The normalized spacial score (nSPS) is 11.2. The van der Waals surface area contributed by atoms with Crippen molar-refractivity contribution in [1.29, 1.82) is 0 Å². The first-order valence-corrected chi connectivity index (χ1v) is 9.25. The summed E-state index contributed by atoms with van der Waals surface area (Å²) in [7, 11) is -3.40. The molecular weight excluding hydrogens is 387 g/mol. The van der Waals surface area contributed by atoms with Gasteiger partial charge in [0.1, 0.15) is 5.82 Å². The summed E-state index contributed by atoms with van der Waals surface area (Å²) in [6.07, 6.45) is 0.163. The average Bonchev–Trinajstić information content (AvgIpc) is 2.54. The molecule has 2 rings (SSSR count). The third kappa shape index (κ3) is 4.87. The van der Waals surface area contributed by atoms with Crippen molar-refractivity contribution in [2.24, 2.45) is 0 Å². The van der Waals surface area contributed by atoms with E-state index in [1.165, 1.54) is 24.3 Å². The number of halogens is 2. The predicted molar refractivity (Wildman–Crippen MR) is 87.5 cm³/mol. The lowest BCUT2D eigenvalue weighted by atomic mass is 10.2. The van der Waals surface area contributed by atoms with Crippen LogP contribution in [0.4, 0.5) is 4.39 Å². The highest BCUT2D eigenvalue weighted by Crippen LogP contribution is 2.19. The van der Waals surface area contributed by atoms with Crippen molar-refractivity contribution in [2.45, 2.75) is 11.3 Å². The molecule has 2 aromatic rings. The standard InChI is InChI=1S/C16H14BrFO4S/c17-15-8-7-12(18)11-14(15)16(19)22-9-4-10-23(20,21)13-5-2-1-3-6-13/h1-3,5-8,11H,4,9-10H2. The molecule has 0 saturated heterocycles. The highest BCUT2D eigenvalue weighted by atomic mass is 79.9. The fraction of sp³-hybridized carbons (Fsp3) is 0.188. The quantitative estimate of drug-likeness (QED) is 0.548. The lowest BCUT2D eigenvalue weighted by Crippen LogP contribution is -2.12. The van der Waals surface area contributed by atoms with Gasteiger partial charge in [-0.15, -0.1) is 0 Å². The fourth-order valence-corrected chi connectivity index (χ4v) is 3.61. The molecule has 0 heterocycles. The van der Waals surface area contributed by atoms with Crippen LogP contribution < -0.4 is 0 Å². The van der Waals surface area contributed by atoms with Crippen molar-refractivity contribution in [1.82, 2.24) is 0 Å². The molecule has 0 atom stereocenters. The second kappa shape index (κ2) is 7.70. The molecule has 7 heteroatoms. The maximum Gasteiger partial charge on any atom is 0.339 e. The number of ether oxygens (including phenoxy) is 1. The van der Waals surface area contributed by atoms with Crippen LogP contribution in [0.15, 0.2) is 57.9 Å². The van der Waals surface area contributed by atoms with Gasteiger partial charge in [0.05, 0.1) is 22.8 Å². The highest BCUT2D eigenvalue weighted by molar-refractivity contribution is 9.10. The molecule has 0 aliphatic rings. The lowest BCUT2D eigenvalue weighted by molar-refractivity contribution is 0.0504. The van der Waals surface area contributed by atoms with E-state index in [2.05, 4.69) is 15.9 Å². The fourth-order valence-electron chi connectivity index (χ4n) is 1.89. The van der Waals surface area contributed by atoms with Gasteiger partial charge in [0.15, 0.2) is 9.84 Å². The Labute approximate surface area is 142 Å². The van der Waals surface area contributed by atoms with Gasteiger partial charge >= 0.3 is 5.97 Å². The van der Waals surface area contributed by atoms with Gasteiger partial charge in [-0.25, -0.2) is 17.6 Å². The van der Waals surface area contributed by atoms with E-state index in [4.69, 9.17) is 4.74 Å². The molecule has 0 aliphatic carbocycles. The maximum absolute atomic E-state index is 13.1. The first-order chi connectivity index (χ1) is 10.9. The third-order valence-electron chi connectivity index (χ3n) is 3.04. The van der Waals surface area contributed by atoms with Crippen molar-refractivity contribution in [3.05, 3.63) is 64.4 Å². The second-order valence-corrected chi connectivity index (χ2v) is 7.71. The van der Waals surface area contributed by atoms with Crippen molar-refractivity contribution < 1.29 is 22.3 Å². The molecule has 0 spiro atoms. The van der Waals surface area contributed by atoms with Gasteiger partial charge < -0.3 is 4.74 Å². The van der Waals surface area contributed by atoms with Gasteiger partial charge in [0, 0.05) is 4.47 Å². The number of carbonyl (C=O) groups is 1. The van der Waals surface area contributed by atoms with E-state index >= 15 is 0 Å². The van der Waals surface area contributed by atoms with Gasteiger partial charge in [0.25, 0.3) is 0 Å². The molecule has 0 radical (unpaired) electrons. The summed E-state index contributed by atoms with van der Waals surface area (Å²) >= 11 is 3.14. The first kappa shape index (κ1) is 17.6. The molecule has 0 aromatic heterocycles. The summed E-state index contributed by atoms with van der Waals surface area (Å²) in [6, 6.07) is 11.8. The zero-order valence-electron chi connectivity index (χ0n) is 12.0. The number of hydrogen-bond acceptors (Lipinski definition) is 4. The Morgan fingerprint density at radius 3 is 2.52 bits per heavy atom. The number of benzene rings is 2. The molecule has 0 amide bonds. The summed E-state index contributed by atoms with van der Waals surface area (Å²) in [5.74, 6) is -1.38. The van der Waals surface area contributed by atoms with Crippen molar-refractivity contribution in [3.8, 4) is 0 Å². The summed E-state index contributed by atoms with van der Waals surface area (Å²) in [4.78, 5) is 12.1. The Kier molecular flexibility index (Phi) is 5.90. The zero-order valence-corrected chi connectivity index (χ0v) is 14.4. The Bertz CT molecular complexity index is 791. The number of carbonyl (C=O) groups excluding carboxylic acids is 1. The van der Waals surface area contributed by atoms with E-state index in [1.807, 2.05) is 0 Å². The largest absolute Gasteiger partial charge is 0.462 e. The highest BCUT2D eigenvalue weighted by Gasteiger charge is 2.15. The van der Waals surface area contributed by atoms with Crippen molar-refractivity contribution >= 4 is 31.7 Å². The van der Waals surface area contributed by atoms with Crippen LogP contribution in [0.2, 0.25) is 0 Å². The van der Waals surface area contributed by atoms with Crippen LogP contribution in [0.25, 0.3) is 0 Å². The van der Waals surface area contributed by atoms with Gasteiger partial charge in [-0.05, 0) is 52.7 Å². The molecule has 0 bridgehead atoms. The smallest absolute Gasteiger partial charge is 0.339 e. The SMILES string of the molecule is O=C(OCCCS(=O)(=O)c1ccccc1)c1cc(F)ccc1Br. The molecule has 2 aromatic carbocycles. The molecule has 122 valence electrons. The summed E-state index contributed by atoms with van der Waals surface area (Å²) < 4.78 is 42.6. The maximum atomic E-state index is 13.1. The first-order valence-electron chi connectivity index (χ1n) is 6.80. The molecule has 0 aliphatic heterocycles. The van der Waals surface area contributed by atoms with Crippen LogP contribution in [-0.2, 0) is 14.6 Å². The number of esters is 1. The van der Waals surface area contributed by atoms with E-state index in [0.717, 1.165) is 6.07 Å². The van der Waals surface area contributed by atoms with E-state index in [1.54, 1.807) is 18.2 Å². The number of hydrogen-bond donors (Lipinski definition) is 0. The van der Waals surface area contributed by atoms with Crippen LogP contribution in [0.5, 0.6) is 0 Å². The van der Waals surface area contributed by atoms with Crippen LogP contribution in [0, 0.1) is 5.82 Å². The predicted octanol–water partition coefficient (Wildman–Crippen LogP) is 3.61. The topological polar surface area (TPSA) is 60.4 Å². The van der Waals surface area contributed by atoms with Gasteiger partial charge in [-0.3, -0.25) is 0 Å². The van der Waals surface area contributed by atoms with Crippen LogP contribution >= 0.6 is 15.9 Å². The summed E-state index contributed by atoms with van der Waals surface area (Å²) in [5.41, 5.74) is 0.0657. The zero-order chi connectivity index (χ0) is 16.9. The Morgan fingerprint density at radius 2 is 1.83 bits per heavy atom. The van der Waals surface area contributed by atoms with Gasteiger partial charge in [-0.2, -0.15) is 0 Å².